The molecule has 1 aromatic rings. The van der Waals surface area contributed by atoms with Crippen LogP contribution in [0.1, 0.15) is 20.8 Å². The van der Waals surface area contributed by atoms with Gasteiger partial charge < -0.3 is 20.3 Å². The molecule has 0 saturated carbocycles. The molecule has 1 rings (SSSR count). The summed E-state index contributed by atoms with van der Waals surface area (Å²) in [6, 6.07) is 6.26. The summed E-state index contributed by atoms with van der Waals surface area (Å²) in [4.78, 5) is 35.2. The van der Waals surface area contributed by atoms with Crippen LogP contribution in [-0.4, -0.2) is 54.1 Å². The van der Waals surface area contributed by atoms with Gasteiger partial charge in [0.15, 0.2) is 0 Å². The number of hydrogen-bond donors (Lipinski definition) is 2. The SMILES string of the molecule is CN(CC(=O)NCCNc1ccccc1[N+](=O)[O-])C(=O)OC(C)(C)C. The number of nitro groups is 1. The first-order valence-electron chi connectivity index (χ1n) is 7.78. The number of amides is 2. The highest BCUT2D eigenvalue weighted by atomic mass is 16.6. The number of ether oxygens (including phenoxy) is 1. The smallest absolute Gasteiger partial charge is 0.410 e. The van der Waals surface area contributed by atoms with E-state index in [1.807, 2.05) is 0 Å². The first-order chi connectivity index (χ1) is 11.6. The van der Waals surface area contributed by atoms with E-state index in [4.69, 9.17) is 4.74 Å². The topological polar surface area (TPSA) is 114 Å². The van der Waals surface area contributed by atoms with E-state index in [0.29, 0.717) is 12.2 Å². The Morgan fingerprint density at radius 1 is 1.24 bits per heavy atom. The lowest BCUT2D eigenvalue weighted by Gasteiger charge is -2.24. The van der Waals surface area contributed by atoms with E-state index < -0.39 is 16.6 Å². The van der Waals surface area contributed by atoms with Crippen molar-refractivity contribution >= 4 is 23.4 Å². The Kier molecular flexibility index (Phi) is 7.16. The summed E-state index contributed by atoms with van der Waals surface area (Å²) in [5.41, 5.74) is -0.276. The van der Waals surface area contributed by atoms with E-state index in [1.165, 1.54) is 18.0 Å². The quantitative estimate of drug-likeness (QED) is 0.441. The van der Waals surface area contributed by atoms with Gasteiger partial charge in [0.05, 0.1) is 4.92 Å². The molecule has 0 aliphatic heterocycles. The highest BCUT2D eigenvalue weighted by molar-refractivity contribution is 5.82. The summed E-state index contributed by atoms with van der Waals surface area (Å²) in [6.45, 7) is 5.66. The Labute approximate surface area is 146 Å². The molecule has 25 heavy (non-hydrogen) atoms. The van der Waals surface area contributed by atoms with Crippen molar-refractivity contribution in [3.63, 3.8) is 0 Å². The molecule has 0 heterocycles. The lowest BCUT2D eigenvalue weighted by Crippen LogP contribution is -2.41. The third-order valence-corrected chi connectivity index (χ3v) is 2.95. The second kappa shape index (κ2) is 8.86. The number of carbonyl (C=O) groups excluding carboxylic acids is 2. The van der Waals surface area contributed by atoms with E-state index in [0.717, 1.165) is 0 Å². The maximum absolute atomic E-state index is 11.8. The zero-order valence-electron chi connectivity index (χ0n) is 14.9. The van der Waals surface area contributed by atoms with Gasteiger partial charge in [-0.3, -0.25) is 14.9 Å². The molecular weight excluding hydrogens is 328 g/mol. The fraction of sp³-hybridized carbons (Fsp3) is 0.500. The van der Waals surface area contributed by atoms with Crippen LogP contribution in [0.5, 0.6) is 0 Å². The Morgan fingerprint density at radius 3 is 2.48 bits per heavy atom. The van der Waals surface area contributed by atoms with Gasteiger partial charge in [0.2, 0.25) is 5.91 Å². The van der Waals surface area contributed by atoms with Gasteiger partial charge in [-0.2, -0.15) is 0 Å². The number of nitrogens with one attached hydrogen (secondary N) is 2. The summed E-state index contributed by atoms with van der Waals surface area (Å²) in [5, 5.41) is 16.4. The average molecular weight is 352 g/mol. The van der Waals surface area contributed by atoms with Crippen LogP contribution in [0.3, 0.4) is 0 Å². The van der Waals surface area contributed by atoms with Crippen LogP contribution in [0.4, 0.5) is 16.2 Å². The van der Waals surface area contributed by atoms with Gasteiger partial charge in [-0.15, -0.1) is 0 Å². The second-order valence-electron chi connectivity index (χ2n) is 6.39. The first-order valence-corrected chi connectivity index (χ1v) is 7.78. The van der Waals surface area contributed by atoms with E-state index in [9.17, 15) is 19.7 Å². The monoisotopic (exact) mass is 352 g/mol. The Balaban J connectivity index is 2.36. The second-order valence-corrected chi connectivity index (χ2v) is 6.39. The number of anilines is 1. The minimum atomic E-state index is -0.629. The van der Waals surface area contributed by atoms with E-state index in [2.05, 4.69) is 10.6 Å². The largest absolute Gasteiger partial charge is 0.444 e. The summed E-state index contributed by atoms with van der Waals surface area (Å²) < 4.78 is 5.15. The van der Waals surface area contributed by atoms with Crippen molar-refractivity contribution in [1.29, 1.82) is 0 Å². The van der Waals surface area contributed by atoms with Crippen molar-refractivity contribution < 1.29 is 19.2 Å². The van der Waals surface area contributed by atoms with Gasteiger partial charge in [-0.05, 0) is 26.8 Å². The molecule has 1 aromatic carbocycles. The normalized spacial score (nSPS) is 10.7. The standard InChI is InChI=1S/C16H24N4O5/c1-16(2,3)25-15(22)19(4)11-14(21)18-10-9-17-12-7-5-6-8-13(12)20(23)24/h5-8,17H,9-11H2,1-4H3,(H,18,21). The molecule has 0 aliphatic rings. The van der Waals surface area contributed by atoms with E-state index in [1.54, 1.807) is 39.0 Å². The molecular formula is C16H24N4O5. The molecule has 0 saturated heterocycles. The number of para-hydroxylation sites is 2. The maximum Gasteiger partial charge on any atom is 0.410 e. The van der Waals surface area contributed by atoms with Crippen LogP contribution in [0.25, 0.3) is 0 Å². The highest BCUT2D eigenvalue weighted by Crippen LogP contribution is 2.22. The Hall–Kier alpha value is -2.84. The van der Waals surface area contributed by atoms with Gasteiger partial charge >= 0.3 is 6.09 Å². The summed E-state index contributed by atoms with van der Waals surface area (Å²) >= 11 is 0. The molecule has 0 fully saturated rings. The lowest BCUT2D eigenvalue weighted by atomic mass is 10.2. The fourth-order valence-corrected chi connectivity index (χ4v) is 1.86. The molecule has 0 bridgehead atoms. The molecule has 2 amide bonds. The number of hydrogen-bond acceptors (Lipinski definition) is 6. The zero-order chi connectivity index (χ0) is 19.0. The van der Waals surface area contributed by atoms with E-state index in [-0.39, 0.29) is 24.7 Å². The highest BCUT2D eigenvalue weighted by Gasteiger charge is 2.21. The molecule has 9 heteroatoms. The number of benzene rings is 1. The number of likely N-dealkylation sites (N-methyl/N-ethyl adjacent to an activating group) is 1. The molecule has 2 N–H and O–H groups in total. The number of rotatable bonds is 7. The maximum atomic E-state index is 11.8. The zero-order valence-corrected chi connectivity index (χ0v) is 14.9. The van der Waals surface area contributed by atoms with Gasteiger partial charge in [0, 0.05) is 26.2 Å². The van der Waals surface area contributed by atoms with Crippen LogP contribution in [0.2, 0.25) is 0 Å². The minimum absolute atomic E-state index is 0.0292. The van der Waals surface area contributed by atoms with Crippen molar-refractivity contribution in [2.45, 2.75) is 26.4 Å². The molecule has 0 aliphatic carbocycles. The third kappa shape index (κ3) is 7.51. The molecule has 138 valence electrons. The summed E-state index contributed by atoms with van der Waals surface area (Å²) in [6.07, 6.45) is -0.583. The van der Waals surface area contributed by atoms with Crippen molar-refractivity contribution in [3.05, 3.63) is 34.4 Å². The summed E-state index contributed by atoms with van der Waals surface area (Å²) in [5.74, 6) is -0.349. The predicted octanol–water partition coefficient (Wildman–Crippen LogP) is 1.99. The van der Waals surface area contributed by atoms with Crippen molar-refractivity contribution in [2.75, 3.05) is 32.0 Å². The number of nitrogens with zero attached hydrogens (tertiary/aromatic N) is 2. The Bertz CT molecular complexity index is 627. The van der Waals surface area contributed by atoms with Crippen LogP contribution >= 0.6 is 0 Å². The van der Waals surface area contributed by atoms with Gasteiger partial charge in [0.1, 0.15) is 17.8 Å². The lowest BCUT2D eigenvalue weighted by molar-refractivity contribution is -0.384. The first kappa shape index (κ1) is 20.2. The van der Waals surface area contributed by atoms with Gasteiger partial charge in [-0.1, -0.05) is 12.1 Å². The van der Waals surface area contributed by atoms with Gasteiger partial charge in [-0.25, -0.2) is 4.79 Å². The van der Waals surface area contributed by atoms with Crippen LogP contribution in [-0.2, 0) is 9.53 Å². The minimum Gasteiger partial charge on any atom is -0.444 e. The molecule has 0 atom stereocenters. The molecule has 9 nitrogen and oxygen atoms in total. The van der Waals surface area contributed by atoms with Crippen molar-refractivity contribution in [2.24, 2.45) is 0 Å². The summed E-state index contributed by atoms with van der Waals surface area (Å²) in [7, 11) is 1.47. The predicted molar refractivity (Wildman–Crippen MR) is 93.5 cm³/mol. The van der Waals surface area contributed by atoms with Crippen LogP contribution in [0.15, 0.2) is 24.3 Å². The molecule has 0 radical (unpaired) electrons. The number of nitro benzene ring substituents is 1. The van der Waals surface area contributed by atoms with Crippen LogP contribution in [0, 0.1) is 10.1 Å². The molecule has 0 spiro atoms. The molecule has 0 aromatic heterocycles. The van der Waals surface area contributed by atoms with Crippen molar-refractivity contribution in [1.82, 2.24) is 10.2 Å². The average Bonchev–Trinajstić information content (AvgIpc) is 2.50. The van der Waals surface area contributed by atoms with Crippen molar-refractivity contribution in [3.8, 4) is 0 Å². The third-order valence-electron chi connectivity index (χ3n) is 2.95. The Morgan fingerprint density at radius 2 is 1.88 bits per heavy atom. The van der Waals surface area contributed by atoms with Crippen LogP contribution < -0.4 is 10.6 Å². The van der Waals surface area contributed by atoms with E-state index >= 15 is 0 Å². The van der Waals surface area contributed by atoms with Gasteiger partial charge in [0.25, 0.3) is 5.69 Å². The molecule has 0 unspecified atom stereocenters. The fourth-order valence-electron chi connectivity index (χ4n) is 1.86. The number of carbonyl (C=O) groups is 2.